The van der Waals surface area contributed by atoms with Gasteiger partial charge in [-0.2, -0.15) is 4.98 Å². The molecule has 1 aliphatic rings. The molecule has 1 aliphatic heterocycles. The van der Waals surface area contributed by atoms with E-state index in [0.29, 0.717) is 12.5 Å². The molecule has 6 heteroatoms. The van der Waals surface area contributed by atoms with Crippen LogP contribution >= 0.6 is 0 Å². The average molecular weight is 300 g/mol. The predicted molar refractivity (Wildman–Crippen MR) is 84.9 cm³/mol. The highest BCUT2D eigenvalue weighted by molar-refractivity contribution is 5.42. The van der Waals surface area contributed by atoms with Gasteiger partial charge >= 0.3 is 0 Å². The van der Waals surface area contributed by atoms with Crippen LogP contribution in [0.1, 0.15) is 23.6 Å². The molecule has 22 heavy (non-hydrogen) atoms. The Bertz CT molecular complexity index is 625. The first-order valence-electron chi connectivity index (χ1n) is 7.45. The van der Waals surface area contributed by atoms with Gasteiger partial charge in [0.1, 0.15) is 11.6 Å². The molecule has 0 unspecified atom stereocenters. The predicted octanol–water partition coefficient (Wildman–Crippen LogP) is 1.92. The Kier molecular flexibility index (Phi) is 4.39. The summed E-state index contributed by atoms with van der Waals surface area (Å²) in [5.41, 5.74) is 7.89. The lowest BCUT2D eigenvalue weighted by molar-refractivity contribution is 0.193. The van der Waals surface area contributed by atoms with Gasteiger partial charge in [-0.25, -0.2) is 4.98 Å². The van der Waals surface area contributed by atoms with E-state index in [4.69, 9.17) is 10.5 Å². The molecule has 1 fully saturated rings. The Morgan fingerprint density at radius 2 is 2.09 bits per heavy atom. The highest BCUT2D eigenvalue weighted by Crippen LogP contribution is 2.25. The van der Waals surface area contributed by atoms with E-state index in [-0.39, 0.29) is 11.7 Å². The van der Waals surface area contributed by atoms with E-state index >= 15 is 0 Å². The largest absolute Gasteiger partial charge is 0.508 e. The quantitative estimate of drug-likeness (QED) is 0.781. The zero-order valence-corrected chi connectivity index (χ0v) is 12.3. The average Bonchev–Trinajstić information content (AvgIpc) is 3.03. The van der Waals surface area contributed by atoms with Crippen molar-refractivity contribution in [3.8, 4) is 5.75 Å². The molecule has 0 saturated carbocycles. The van der Waals surface area contributed by atoms with E-state index in [2.05, 4.69) is 15.3 Å². The second-order valence-corrected chi connectivity index (χ2v) is 5.44. The van der Waals surface area contributed by atoms with Crippen LogP contribution in [0.15, 0.2) is 30.3 Å². The molecule has 2 aromatic rings. The summed E-state index contributed by atoms with van der Waals surface area (Å²) < 4.78 is 5.40. The van der Waals surface area contributed by atoms with Crippen molar-refractivity contribution >= 4 is 11.8 Å². The van der Waals surface area contributed by atoms with Gasteiger partial charge in [-0.05, 0) is 30.5 Å². The molecule has 116 valence electrons. The molecule has 0 radical (unpaired) electrons. The van der Waals surface area contributed by atoms with Gasteiger partial charge in [0.25, 0.3) is 0 Å². The van der Waals surface area contributed by atoms with Crippen LogP contribution in [0.2, 0.25) is 0 Å². The minimum absolute atomic E-state index is 0.281. The van der Waals surface area contributed by atoms with Crippen molar-refractivity contribution < 1.29 is 9.84 Å². The third-order valence-electron chi connectivity index (χ3n) is 3.77. The van der Waals surface area contributed by atoms with E-state index < -0.39 is 0 Å². The van der Waals surface area contributed by atoms with Crippen molar-refractivity contribution in [2.45, 2.75) is 18.8 Å². The molecule has 4 N–H and O–H groups in total. The van der Waals surface area contributed by atoms with Crippen LogP contribution in [0.5, 0.6) is 5.75 Å². The molecular weight excluding hydrogens is 280 g/mol. The van der Waals surface area contributed by atoms with Gasteiger partial charge in [-0.1, -0.05) is 12.1 Å². The van der Waals surface area contributed by atoms with Crippen LogP contribution in [-0.4, -0.2) is 34.8 Å². The number of benzene rings is 1. The monoisotopic (exact) mass is 300 g/mol. The van der Waals surface area contributed by atoms with Crippen LogP contribution in [0.4, 0.5) is 11.8 Å². The molecule has 1 aromatic heterocycles. The molecule has 6 nitrogen and oxygen atoms in total. The number of nitrogen functional groups attached to an aromatic ring is 1. The van der Waals surface area contributed by atoms with Crippen LogP contribution in [0.25, 0.3) is 0 Å². The van der Waals surface area contributed by atoms with E-state index in [1.54, 1.807) is 12.1 Å². The van der Waals surface area contributed by atoms with Crippen molar-refractivity contribution in [1.29, 1.82) is 0 Å². The zero-order chi connectivity index (χ0) is 15.4. The lowest BCUT2D eigenvalue weighted by Crippen LogP contribution is -2.11. The third-order valence-corrected chi connectivity index (χ3v) is 3.77. The van der Waals surface area contributed by atoms with Gasteiger partial charge in [-0.3, -0.25) is 0 Å². The number of aromatic hydroxyl groups is 1. The molecule has 1 atom stereocenters. The number of nitrogens with two attached hydrogens (primary N) is 1. The normalized spacial score (nSPS) is 17.5. The third kappa shape index (κ3) is 3.65. The Balaban J connectivity index is 1.61. The van der Waals surface area contributed by atoms with E-state index in [9.17, 15) is 5.11 Å². The summed E-state index contributed by atoms with van der Waals surface area (Å²) in [7, 11) is 0. The standard InChI is InChI=1S/C16H20N4O2/c17-16-19-14(12-6-8-22-10-12)9-15(20-16)18-7-5-11-1-3-13(21)4-2-11/h1-4,9,12,21H,5-8,10H2,(H3,17,18,19,20)/t12-/m1/s1. The Hall–Kier alpha value is -2.34. The minimum atomic E-state index is 0.281. The number of nitrogens with zero attached hydrogens (tertiary/aromatic N) is 2. The number of hydrogen-bond acceptors (Lipinski definition) is 6. The summed E-state index contributed by atoms with van der Waals surface area (Å²) in [4.78, 5) is 8.54. The minimum Gasteiger partial charge on any atom is -0.508 e. The summed E-state index contributed by atoms with van der Waals surface area (Å²) in [6.07, 6.45) is 1.81. The van der Waals surface area contributed by atoms with Crippen LogP contribution in [0, 0.1) is 0 Å². The molecule has 1 aromatic carbocycles. The maximum Gasteiger partial charge on any atom is 0.222 e. The fourth-order valence-electron chi connectivity index (χ4n) is 2.55. The van der Waals surface area contributed by atoms with Crippen molar-refractivity contribution in [2.75, 3.05) is 30.8 Å². The van der Waals surface area contributed by atoms with Gasteiger partial charge in [0.15, 0.2) is 0 Å². The number of phenolic OH excluding ortho intramolecular Hbond substituents is 1. The van der Waals surface area contributed by atoms with E-state index in [1.165, 1.54) is 0 Å². The molecule has 0 aliphatic carbocycles. The summed E-state index contributed by atoms with van der Waals surface area (Å²) in [6, 6.07) is 9.15. The number of nitrogens with one attached hydrogen (secondary N) is 1. The molecular formula is C16H20N4O2. The lowest BCUT2D eigenvalue weighted by Gasteiger charge is -2.11. The number of phenols is 1. The van der Waals surface area contributed by atoms with E-state index in [0.717, 1.165) is 43.1 Å². The molecule has 2 heterocycles. The van der Waals surface area contributed by atoms with Crippen LogP contribution in [0.3, 0.4) is 0 Å². The van der Waals surface area contributed by atoms with Gasteiger partial charge < -0.3 is 20.9 Å². The summed E-state index contributed by atoms with van der Waals surface area (Å²) in [6.45, 7) is 2.21. The fraction of sp³-hybridized carbons (Fsp3) is 0.375. The Labute approximate surface area is 129 Å². The molecule has 0 spiro atoms. The van der Waals surface area contributed by atoms with Crippen molar-refractivity contribution in [3.63, 3.8) is 0 Å². The first kappa shape index (κ1) is 14.6. The van der Waals surface area contributed by atoms with Gasteiger partial charge in [0, 0.05) is 25.1 Å². The summed E-state index contributed by atoms with van der Waals surface area (Å²) in [5, 5.41) is 12.5. The number of hydrogen-bond donors (Lipinski definition) is 3. The molecule has 1 saturated heterocycles. The van der Waals surface area contributed by atoms with Crippen LogP contribution in [-0.2, 0) is 11.2 Å². The molecule has 0 bridgehead atoms. The topological polar surface area (TPSA) is 93.3 Å². The number of ether oxygens (including phenoxy) is 1. The van der Waals surface area contributed by atoms with Crippen molar-refractivity contribution in [2.24, 2.45) is 0 Å². The second-order valence-electron chi connectivity index (χ2n) is 5.44. The number of rotatable bonds is 5. The first-order valence-corrected chi connectivity index (χ1v) is 7.45. The number of aromatic nitrogens is 2. The highest BCUT2D eigenvalue weighted by atomic mass is 16.5. The molecule has 0 amide bonds. The maximum atomic E-state index is 9.27. The lowest BCUT2D eigenvalue weighted by atomic mass is 10.0. The van der Waals surface area contributed by atoms with Crippen molar-refractivity contribution in [1.82, 2.24) is 9.97 Å². The van der Waals surface area contributed by atoms with Gasteiger partial charge in [0.05, 0.1) is 12.3 Å². The number of anilines is 2. The maximum absolute atomic E-state index is 9.27. The highest BCUT2D eigenvalue weighted by Gasteiger charge is 2.20. The summed E-state index contributed by atoms with van der Waals surface area (Å²) >= 11 is 0. The molecule has 3 rings (SSSR count). The Morgan fingerprint density at radius 1 is 1.27 bits per heavy atom. The van der Waals surface area contributed by atoms with E-state index in [1.807, 2.05) is 18.2 Å². The smallest absolute Gasteiger partial charge is 0.222 e. The SMILES string of the molecule is Nc1nc(NCCc2ccc(O)cc2)cc([C@@H]2CCOC2)n1. The van der Waals surface area contributed by atoms with Gasteiger partial charge in [0.2, 0.25) is 5.95 Å². The van der Waals surface area contributed by atoms with Gasteiger partial charge in [-0.15, -0.1) is 0 Å². The zero-order valence-electron chi connectivity index (χ0n) is 12.3. The first-order chi connectivity index (χ1) is 10.7. The Morgan fingerprint density at radius 3 is 2.82 bits per heavy atom. The fourth-order valence-corrected chi connectivity index (χ4v) is 2.55. The van der Waals surface area contributed by atoms with Crippen LogP contribution < -0.4 is 11.1 Å². The van der Waals surface area contributed by atoms with Crippen molar-refractivity contribution in [3.05, 3.63) is 41.6 Å². The summed E-state index contributed by atoms with van der Waals surface area (Å²) in [5.74, 6) is 1.62. The second kappa shape index (κ2) is 6.62.